The highest BCUT2D eigenvalue weighted by Crippen LogP contribution is 2.22. The van der Waals surface area contributed by atoms with Crippen molar-refractivity contribution in [2.24, 2.45) is 5.73 Å². The Morgan fingerprint density at radius 1 is 1.17 bits per heavy atom. The molecule has 2 aromatic rings. The number of carbonyl (C=O) groups excluding carboxylic acids is 1. The number of hydrogen-bond acceptors (Lipinski definition) is 5. The van der Waals surface area contributed by atoms with Gasteiger partial charge in [-0.05, 0) is 31.0 Å². The molecule has 0 radical (unpaired) electrons. The lowest BCUT2D eigenvalue weighted by molar-refractivity contribution is -0.124. The number of benzene rings is 1. The summed E-state index contributed by atoms with van der Waals surface area (Å²) in [6, 6.07) is 12.8. The predicted octanol–water partition coefficient (Wildman–Crippen LogP) is 2.32. The van der Waals surface area contributed by atoms with E-state index in [2.05, 4.69) is 10.3 Å². The first-order chi connectivity index (χ1) is 11.2. The van der Waals surface area contributed by atoms with E-state index in [1.807, 2.05) is 30.3 Å². The van der Waals surface area contributed by atoms with Gasteiger partial charge in [0, 0.05) is 19.3 Å². The summed E-state index contributed by atoms with van der Waals surface area (Å²) in [6.07, 6.45) is 2.59. The van der Waals surface area contributed by atoms with Crippen molar-refractivity contribution in [2.45, 2.75) is 18.4 Å². The SMILES string of the molecule is NC1(C(=O)Nc2ccc(Oc3ccccc3)nc2)CCOCC1. The molecule has 1 aromatic carbocycles. The Labute approximate surface area is 134 Å². The summed E-state index contributed by atoms with van der Waals surface area (Å²) >= 11 is 0. The third-order valence-electron chi connectivity index (χ3n) is 3.80. The monoisotopic (exact) mass is 313 g/mol. The highest BCUT2D eigenvalue weighted by Gasteiger charge is 2.35. The Morgan fingerprint density at radius 2 is 1.91 bits per heavy atom. The molecule has 0 unspecified atom stereocenters. The van der Waals surface area contributed by atoms with Crippen molar-refractivity contribution in [1.29, 1.82) is 0 Å². The van der Waals surface area contributed by atoms with Gasteiger partial charge in [0.25, 0.3) is 0 Å². The van der Waals surface area contributed by atoms with Gasteiger partial charge in [-0.25, -0.2) is 4.98 Å². The van der Waals surface area contributed by atoms with Crippen molar-refractivity contribution in [1.82, 2.24) is 4.98 Å². The second-order valence-corrected chi connectivity index (χ2v) is 5.52. The van der Waals surface area contributed by atoms with Crippen molar-refractivity contribution >= 4 is 11.6 Å². The van der Waals surface area contributed by atoms with Gasteiger partial charge in [0.15, 0.2) is 0 Å². The molecule has 1 aliphatic heterocycles. The zero-order valence-electron chi connectivity index (χ0n) is 12.7. The number of para-hydroxylation sites is 1. The first kappa shape index (κ1) is 15.5. The zero-order valence-corrected chi connectivity index (χ0v) is 12.7. The molecular weight excluding hydrogens is 294 g/mol. The number of anilines is 1. The summed E-state index contributed by atoms with van der Waals surface area (Å²) in [5, 5.41) is 2.81. The van der Waals surface area contributed by atoms with Crippen LogP contribution in [0.4, 0.5) is 5.69 Å². The average Bonchev–Trinajstić information content (AvgIpc) is 2.58. The van der Waals surface area contributed by atoms with Gasteiger partial charge in [-0.15, -0.1) is 0 Å². The number of hydrogen-bond donors (Lipinski definition) is 2. The van der Waals surface area contributed by atoms with Gasteiger partial charge in [-0.2, -0.15) is 0 Å². The van der Waals surface area contributed by atoms with E-state index in [0.29, 0.717) is 43.4 Å². The molecule has 3 rings (SSSR count). The number of nitrogens with two attached hydrogens (primary N) is 1. The van der Waals surface area contributed by atoms with Crippen molar-refractivity contribution in [3.05, 3.63) is 48.7 Å². The van der Waals surface area contributed by atoms with E-state index < -0.39 is 5.54 Å². The van der Waals surface area contributed by atoms with Crippen LogP contribution in [-0.4, -0.2) is 29.6 Å². The molecular formula is C17H19N3O3. The van der Waals surface area contributed by atoms with Crippen LogP contribution < -0.4 is 15.8 Å². The standard InChI is InChI=1S/C17H19N3O3/c18-17(8-10-22-11-9-17)16(21)20-13-6-7-15(19-12-13)23-14-4-2-1-3-5-14/h1-7,12H,8-11,18H2,(H,20,21). The molecule has 1 aliphatic rings. The highest BCUT2D eigenvalue weighted by molar-refractivity contribution is 5.97. The van der Waals surface area contributed by atoms with Crippen LogP contribution in [0.5, 0.6) is 11.6 Å². The lowest BCUT2D eigenvalue weighted by atomic mass is 9.90. The maximum Gasteiger partial charge on any atom is 0.244 e. The summed E-state index contributed by atoms with van der Waals surface area (Å²) in [6.45, 7) is 1.01. The van der Waals surface area contributed by atoms with Crippen molar-refractivity contribution in [3.63, 3.8) is 0 Å². The van der Waals surface area contributed by atoms with Gasteiger partial charge in [0.1, 0.15) is 11.3 Å². The van der Waals surface area contributed by atoms with Gasteiger partial charge < -0.3 is 20.5 Å². The van der Waals surface area contributed by atoms with Crippen molar-refractivity contribution in [2.75, 3.05) is 18.5 Å². The Kier molecular flexibility index (Phi) is 4.55. The average molecular weight is 313 g/mol. The number of rotatable bonds is 4. The van der Waals surface area contributed by atoms with Crippen LogP contribution in [0.1, 0.15) is 12.8 Å². The van der Waals surface area contributed by atoms with Crippen LogP contribution in [-0.2, 0) is 9.53 Å². The fraction of sp³-hybridized carbons (Fsp3) is 0.294. The molecule has 1 aromatic heterocycles. The Hall–Kier alpha value is -2.44. The summed E-state index contributed by atoms with van der Waals surface area (Å²) in [7, 11) is 0. The summed E-state index contributed by atoms with van der Waals surface area (Å²) < 4.78 is 10.9. The number of nitrogens with zero attached hydrogens (tertiary/aromatic N) is 1. The second-order valence-electron chi connectivity index (χ2n) is 5.52. The first-order valence-electron chi connectivity index (χ1n) is 7.53. The van der Waals surface area contributed by atoms with E-state index in [-0.39, 0.29) is 5.91 Å². The highest BCUT2D eigenvalue weighted by atomic mass is 16.5. The minimum atomic E-state index is -0.878. The van der Waals surface area contributed by atoms with E-state index in [9.17, 15) is 4.79 Å². The number of amides is 1. The number of ether oxygens (including phenoxy) is 2. The largest absolute Gasteiger partial charge is 0.439 e. The summed E-state index contributed by atoms with van der Waals surface area (Å²) in [4.78, 5) is 16.5. The predicted molar refractivity (Wildman–Crippen MR) is 86.4 cm³/mol. The molecule has 6 heteroatoms. The van der Waals surface area contributed by atoms with Crippen molar-refractivity contribution < 1.29 is 14.3 Å². The molecule has 2 heterocycles. The topological polar surface area (TPSA) is 86.5 Å². The molecule has 1 amide bonds. The lowest BCUT2D eigenvalue weighted by Gasteiger charge is -2.31. The molecule has 0 atom stereocenters. The van der Waals surface area contributed by atoms with Gasteiger partial charge >= 0.3 is 0 Å². The van der Waals surface area contributed by atoms with Crippen LogP contribution in [0.2, 0.25) is 0 Å². The Morgan fingerprint density at radius 3 is 2.57 bits per heavy atom. The maximum absolute atomic E-state index is 12.3. The number of carbonyl (C=O) groups is 1. The third-order valence-corrected chi connectivity index (χ3v) is 3.80. The lowest BCUT2D eigenvalue weighted by Crippen LogP contribution is -2.54. The quantitative estimate of drug-likeness (QED) is 0.904. The zero-order chi connectivity index (χ0) is 16.1. The molecule has 3 N–H and O–H groups in total. The Bertz CT molecular complexity index is 653. The van der Waals surface area contributed by atoms with Gasteiger partial charge in [-0.3, -0.25) is 4.79 Å². The minimum absolute atomic E-state index is 0.209. The van der Waals surface area contributed by atoms with Crippen LogP contribution in [0.15, 0.2) is 48.7 Å². The first-order valence-corrected chi connectivity index (χ1v) is 7.53. The van der Waals surface area contributed by atoms with Crippen LogP contribution in [0.25, 0.3) is 0 Å². The normalized spacial score (nSPS) is 16.6. The molecule has 0 spiro atoms. The number of aromatic nitrogens is 1. The molecule has 0 bridgehead atoms. The van der Waals surface area contributed by atoms with E-state index in [4.69, 9.17) is 15.2 Å². The molecule has 0 aliphatic carbocycles. The smallest absolute Gasteiger partial charge is 0.244 e. The number of nitrogens with one attached hydrogen (secondary N) is 1. The maximum atomic E-state index is 12.3. The van der Waals surface area contributed by atoms with Gasteiger partial charge in [0.2, 0.25) is 11.8 Å². The van der Waals surface area contributed by atoms with E-state index >= 15 is 0 Å². The third kappa shape index (κ3) is 3.85. The minimum Gasteiger partial charge on any atom is -0.439 e. The fourth-order valence-corrected chi connectivity index (χ4v) is 2.34. The number of pyridine rings is 1. The van der Waals surface area contributed by atoms with Crippen molar-refractivity contribution in [3.8, 4) is 11.6 Å². The van der Waals surface area contributed by atoms with Gasteiger partial charge in [0.05, 0.1) is 11.9 Å². The molecule has 120 valence electrons. The van der Waals surface area contributed by atoms with Crippen LogP contribution in [0, 0.1) is 0 Å². The summed E-state index contributed by atoms with van der Waals surface area (Å²) in [5.74, 6) is 0.960. The van der Waals surface area contributed by atoms with Crippen LogP contribution in [0.3, 0.4) is 0 Å². The van der Waals surface area contributed by atoms with Gasteiger partial charge in [-0.1, -0.05) is 18.2 Å². The summed E-state index contributed by atoms with van der Waals surface area (Å²) in [5.41, 5.74) is 5.86. The fourth-order valence-electron chi connectivity index (χ4n) is 2.34. The second kappa shape index (κ2) is 6.76. The van der Waals surface area contributed by atoms with E-state index in [1.165, 1.54) is 0 Å². The molecule has 0 saturated carbocycles. The Balaban J connectivity index is 1.62. The molecule has 6 nitrogen and oxygen atoms in total. The molecule has 1 saturated heterocycles. The van der Waals surface area contributed by atoms with E-state index in [0.717, 1.165) is 0 Å². The molecule has 1 fully saturated rings. The van der Waals surface area contributed by atoms with Crippen LogP contribution >= 0.6 is 0 Å². The molecule has 23 heavy (non-hydrogen) atoms. The van der Waals surface area contributed by atoms with E-state index in [1.54, 1.807) is 18.3 Å².